The smallest absolute Gasteiger partial charge is 0.253 e. The van der Waals surface area contributed by atoms with Crippen LogP contribution < -0.4 is 10.1 Å². The summed E-state index contributed by atoms with van der Waals surface area (Å²) in [5.74, 6) is 0.851. The van der Waals surface area contributed by atoms with Crippen LogP contribution in [-0.4, -0.2) is 35.6 Å². The number of piperidine rings is 1. The predicted octanol–water partition coefficient (Wildman–Crippen LogP) is 4.04. The number of anilines is 1. The van der Waals surface area contributed by atoms with Gasteiger partial charge in [-0.2, -0.15) is 0 Å². The van der Waals surface area contributed by atoms with Crippen LogP contribution in [0.3, 0.4) is 0 Å². The molecule has 5 nitrogen and oxygen atoms in total. The summed E-state index contributed by atoms with van der Waals surface area (Å²) in [6.45, 7) is 1.45. The van der Waals surface area contributed by atoms with E-state index in [1.807, 2.05) is 29.2 Å². The molecule has 1 fully saturated rings. The van der Waals surface area contributed by atoms with Crippen LogP contribution in [0.2, 0.25) is 0 Å². The van der Waals surface area contributed by atoms with Crippen molar-refractivity contribution in [3.8, 4) is 11.4 Å². The molecule has 142 valence electrons. The first kappa shape index (κ1) is 16.9. The van der Waals surface area contributed by atoms with Gasteiger partial charge in [0.05, 0.1) is 24.0 Å². The molecule has 2 aromatic carbocycles. The molecule has 0 radical (unpaired) electrons. The van der Waals surface area contributed by atoms with Gasteiger partial charge in [0, 0.05) is 30.5 Å². The zero-order valence-corrected chi connectivity index (χ0v) is 15.9. The number of amides is 1. The third kappa shape index (κ3) is 2.58. The van der Waals surface area contributed by atoms with E-state index in [2.05, 4.69) is 52.5 Å². The van der Waals surface area contributed by atoms with Gasteiger partial charge in [-0.15, -0.1) is 0 Å². The lowest BCUT2D eigenvalue weighted by molar-refractivity contribution is 0.0676. The van der Waals surface area contributed by atoms with E-state index in [-0.39, 0.29) is 11.4 Å². The molecule has 5 rings (SSSR count). The Labute approximate surface area is 164 Å². The number of hydrogen-bond donors (Lipinski definition) is 1. The van der Waals surface area contributed by atoms with E-state index in [1.54, 1.807) is 7.11 Å². The molecule has 1 aromatic heterocycles. The summed E-state index contributed by atoms with van der Waals surface area (Å²) < 4.78 is 7.47. The number of aromatic nitrogens is 1. The molecule has 1 spiro atoms. The third-order valence-electron chi connectivity index (χ3n) is 6.02. The number of benzene rings is 2. The van der Waals surface area contributed by atoms with Crippen molar-refractivity contribution in [1.82, 2.24) is 9.47 Å². The summed E-state index contributed by atoms with van der Waals surface area (Å²) in [5.41, 5.74) is 4.20. The zero-order valence-electron chi connectivity index (χ0n) is 15.9. The lowest BCUT2D eigenvalue weighted by atomic mass is 9.82. The number of nitrogens with one attached hydrogen (secondary N) is 1. The fourth-order valence-electron chi connectivity index (χ4n) is 4.48. The SMILES string of the molecule is COc1ccc(C(=O)N2CCC3(CC2)Nc2ccccc2-n2cccc23)cc1. The molecule has 2 aliphatic heterocycles. The molecule has 2 aliphatic rings. The van der Waals surface area contributed by atoms with Crippen molar-refractivity contribution >= 4 is 11.6 Å². The van der Waals surface area contributed by atoms with E-state index in [0.29, 0.717) is 5.56 Å². The average Bonchev–Trinajstić information content (AvgIpc) is 3.25. The van der Waals surface area contributed by atoms with Gasteiger partial charge in [0.25, 0.3) is 5.91 Å². The Kier molecular flexibility index (Phi) is 3.90. The number of carbonyl (C=O) groups is 1. The highest BCUT2D eigenvalue weighted by molar-refractivity contribution is 5.94. The highest BCUT2D eigenvalue weighted by Gasteiger charge is 2.42. The Morgan fingerprint density at radius 2 is 1.75 bits per heavy atom. The van der Waals surface area contributed by atoms with Gasteiger partial charge in [0.2, 0.25) is 0 Å². The summed E-state index contributed by atoms with van der Waals surface area (Å²) in [6.07, 6.45) is 3.89. The lowest BCUT2D eigenvalue weighted by Gasteiger charge is -2.46. The fourth-order valence-corrected chi connectivity index (χ4v) is 4.48. The number of likely N-dealkylation sites (tertiary alicyclic amines) is 1. The molecule has 3 aromatic rings. The largest absolute Gasteiger partial charge is 0.497 e. The number of fused-ring (bicyclic) bond motifs is 4. The van der Waals surface area contributed by atoms with Crippen LogP contribution in [0.4, 0.5) is 5.69 Å². The quantitative estimate of drug-likeness (QED) is 0.737. The van der Waals surface area contributed by atoms with Crippen LogP contribution in [0.15, 0.2) is 66.9 Å². The van der Waals surface area contributed by atoms with E-state index in [1.165, 1.54) is 11.4 Å². The van der Waals surface area contributed by atoms with Crippen molar-refractivity contribution in [2.45, 2.75) is 18.4 Å². The van der Waals surface area contributed by atoms with Crippen molar-refractivity contribution in [3.05, 3.63) is 78.1 Å². The van der Waals surface area contributed by atoms with Gasteiger partial charge < -0.3 is 19.5 Å². The van der Waals surface area contributed by atoms with Crippen molar-refractivity contribution in [2.75, 3.05) is 25.5 Å². The van der Waals surface area contributed by atoms with Gasteiger partial charge >= 0.3 is 0 Å². The molecule has 0 atom stereocenters. The number of methoxy groups -OCH3 is 1. The second-order valence-corrected chi connectivity index (χ2v) is 7.51. The first-order chi connectivity index (χ1) is 13.7. The Morgan fingerprint density at radius 1 is 1.00 bits per heavy atom. The van der Waals surface area contributed by atoms with Crippen molar-refractivity contribution < 1.29 is 9.53 Å². The topological polar surface area (TPSA) is 46.5 Å². The average molecular weight is 373 g/mol. The van der Waals surface area contributed by atoms with E-state index < -0.39 is 0 Å². The number of hydrogen-bond acceptors (Lipinski definition) is 3. The maximum atomic E-state index is 12.9. The molecule has 0 bridgehead atoms. The molecule has 1 amide bonds. The minimum atomic E-state index is -0.130. The van der Waals surface area contributed by atoms with Crippen molar-refractivity contribution in [2.24, 2.45) is 0 Å². The van der Waals surface area contributed by atoms with E-state index in [4.69, 9.17) is 4.74 Å². The second-order valence-electron chi connectivity index (χ2n) is 7.51. The van der Waals surface area contributed by atoms with Gasteiger partial charge in [0.1, 0.15) is 5.75 Å². The molecule has 1 saturated heterocycles. The normalized spacial score (nSPS) is 16.8. The maximum absolute atomic E-state index is 12.9. The Hall–Kier alpha value is -3.21. The van der Waals surface area contributed by atoms with E-state index in [0.717, 1.165) is 37.4 Å². The molecule has 0 unspecified atom stereocenters. The predicted molar refractivity (Wildman–Crippen MR) is 109 cm³/mol. The van der Waals surface area contributed by atoms with Gasteiger partial charge in [-0.05, 0) is 61.4 Å². The number of nitrogens with zero attached hydrogens (tertiary/aromatic N) is 2. The minimum Gasteiger partial charge on any atom is -0.497 e. The van der Waals surface area contributed by atoms with E-state index >= 15 is 0 Å². The van der Waals surface area contributed by atoms with Gasteiger partial charge in [0.15, 0.2) is 0 Å². The highest BCUT2D eigenvalue weighted by Crippen LogP contribution is 2.43. The number of carbonyl (C=O) groups excluding carboxylic acids is 1. The maximum Gasteiger partial charge on any atom is 0.253 e. The number of para-hydroxylation sites is 2. The summed E-state index contributed by atoms with van der Waals surface area (Å²) in [5, 5.41) is 3.79. The number of rotatable bonds is 2. The van der Waals surface area contributed by atoms with Gasteiger partial charge in [-0.3, -0.25) is 4.79 Å². The van der Waals surface area contributed by atoms with Crippen LogP contribution in [0.1, 0.15) is 28.9 Å². The van der Waals surface area contributed by atoms with Crippen LogP contribution >= 0.6 is 0 Å². The van der Waals surface area contributed by atoms with Crippen LogP contribution in [0.5, 0.6) is 5.75 Å². The number of ether oxygens (including phenoxy) is 1. The molecule has 1 N–H and O–H groups in total. The molecular weight excluding hydrogens is 350 g/mol. The standard InChI is InChI=1S/C23H23N3O2/c1-28-18-10-8-17(9-11-18)22(27)25-15-12-23(13-16-25)21-7-4-14-26(21)20-6-3-2-5-19(20)24-23/h2-11,14,24H,12-13,15-16H2,1H3. The van der Waals surface area contributed by atoms with E-state index in [9.17, 15) is 4.79 Å². The first-order valence-corrected chi connectivity index (χ1v) is 9.69. The fraction of sp³-hybridized carbons (Fsp3) is 0.261. The molecular formula is C23H23N3O2. The summed E-state index contributed by atoms with van der Waals surface area (Å²) in [7, 11) is 1.63. The summed E-state index contributed by atoms with van der Waals surface area (Å²) in [4.78, 5) is 14.9. The van der Waals surface area contributed by atoms with Crippen molar-refractivity contribution in [3.63, 3.8) is 0 Å². The highest BCUT2D eigenvalue weighted by atomic mass is 16.5. The Balaban J connectivity index is 1.38. The summed E-state index contributed by atoms with van der Waals surface area (Å²) in [6, 6.07) is 20.1. The molecule has 5 heteroatoms. The minimum absolute atomic E-state index is 0.0871. The monoisotopic (exact) mass is 373 g/mol. The molecule has 0 saturated carbocycles. The molecule has 28 heavy (non-hydrogen) atoms. The van der Waals surface area contributed by atoms with Crippen LogP contribution in [0.25, 0.3) is 5.69 Å². The van der Waals surface area contributed by atoms with Gasteiger partial charge in [-0.25, -0.2) is 0 Å². The van der Waals surface area contributed by atoms with Crippen molar-refractivity contribution in [1.29, 1.82) is 0 Å². The second kappa shape index (κ2) is 6.44. The molecule has 3 heterocycles. The van der Waals surface area contributed by atoms with Crippen LogP contribution in [0, 0.1) is 0 Å². The Bertz CT molecular complexity index is 1010. The lowest BCUT2D eigenvalue weighted by Crippen LogP contribution is -2.51. The van der Waals surface area contributed by atoms with Gasteiger partial charge in [-0.1, -0.05) is 12.1 Å². The third-order valence-corrected chi connectivity index (χ3v) is 6.02. The first-order valence-electron chi connectivity index (χ1n) is 9.69. The Morgan fingerprint density at radius 3 is 2.50 bits per heavy atom. The zero-order chi connectivity index (χ0) is 19.1. The van der Waals surface area contributed by atoms with Crippen LogP contribution in [-0.2, 0) is 5.54 Å². The molecule has 0 aliphatic carbocycles. The summed E-state index contributed by atoms with van der Waals surface area (Å²) >= 11 is 0.